The van der Waals surface area contributed by atoms with Gasteiger partial charge in [0.1, 0.15) is 0 Å². The number of methoxy groups -OCH3 is 1. The lowest BCUT2D eigenvalue weighted by atomic mass is 9.88. The predicted octanol–water partition coefficient (Wildman–Crippen LogP) is 3.49. The van der Waals surface area contributed by atoms with Crippen molar-refractivity contribution in [3.8, 4) is 0 Å². The summed E-state index contributed by atoms with van der Waals surface area (Å²) in [6, 6.07) is 14.4. The molecule has 2 amide bonds. The second kappa shape index (κ2) is 8.59. The van der Waals surface area contributed by atoms with Crippen LogP contribution in [0.1, 0.15) is 33.7 Å². The number of hydrogen-bond acceptors (Lipinski definition) is 5. The Morgan fingerprint density at radius 2 is 1.77 bits per heavy atom. The lowest BCUT2D eigenvalue weighted by molar-refractivity contribution is 0.0595. The number of benzene rings is 2. The van der Waals surface area contributed by atoms with Gasteiger partial charge in [0.05, 0.1) is 12.6 Å². The van der Waals surface area contributed by atoms with Crippen LogP contribution in [0.2, 0.25) is 0 Å². The zero-order chi connectivity index (χ0) is 22.0. The number of amides is 2. The molecule has 1 fully saturated rings. The largest absolute Gasteiger partial charge is 0.464 e. The number of ether oxygens (including phenoxy) is 1. The third-order valence-electron chi connectivity index (χ3n) is 5.69. The number of ketones is 1. The molecule has 4 rings (SSSR count). The van der Waals surface area contributed by atoms with Crippen LogP contribution >= 0.6 is 0 Å². The molecule has 1 aliphatic heterocycles. The summed E-state index contributed by atoms with van der Waals surface area (Å²) in [6.45, 7) is 1.05. The number of nitrogens with one attached hydrogen (secondary N) is 1. The number of carbonyl (C=O) groups excluding carboxylic acids is 3. The summed E-state index contributed by atoms with van der Waals surface area (Å²) >= 11 is 0. The molecule has 0 saturated carbocycles. The first-order valence-corrected chi connectivity index (χ1v) is 10.2. The van der Waals surface area contributed by atoms with Crippen LogP contribution in [0.25, 0.3) is 10.9 Å². The molecule has 2 aromatic carbocycles. The number of fused-ring (bicyclic) bond motifs is 1. The molecule has 0 bridgehead atoms. The molecule has 0 radical (unpaired) electrons. The number of piperidine rings is 1. The molecule has 1 aromatic heterocycles. The molecule has 0 unspecified atom stereocenters. The molecule has 8 nitrogen and oxygen atoms in total. The third kappa shape index (κ3) is 4.14. The van der Waals surface area contributed by atoms with Crippen molar-refractivity contribution >= 4 is 34.4 Å². The molecule has 0 aliphatic carbocycles. The van der Waals surface area contributed by atoms with E-state index in [9.17, 15) is 14.4 Å². The number of likely N-dealkylation sites (tertiary alicyclic amines) is 1. The Bertz CT molecular complexity index is 1130. The summed E-state index contributed by atoms with van der Waals surface area (Å²) in [5, 5.41) is 7.75. The maximum atomic E-state index is 13.1. The van der Waals surface area contributed by atoms with E-state index >= 15 is 0 Å². The van der Waals surface area contributed by atoms with Gasteiger partial charge in [0.15, 0.2) is 11.5 Å². The fourth-order valence-corrected chi connectivity index (χ4v) is 3.96. The van der Waals surface area contributed by atoms with Gasteiger partial charge in [-0.2, -0.15) is 5.10 Å². The van der Waals surface area contributed by atoms with Crippen molar-refractivity contribution in [1.29, 1.82) is 0 Å². The van der Waals surface area contributed by atoms with Crippen LogP contribution in [-0.2, 0) is 11.8 Å². The van der Waals surface area contributed by atoms with Crippen LogP contribution in [-0.4, -0.2) is 52.7 Å². The SMILES string of the molecule is COC(=O)c1nn(C)c2cc(C(=O)C3CCN(C(=O)Nc4ccccc4)CC3)ccc12. The van der Waals surface area contributed by atoms with Gasteiger partial charge < -0.3 is 15.0 Å². The van der Waals surface area contributed by atoms with Gasteiger partial charge >= 0.3 is 12.0 Å². The number of nitrogens with zero attached hydrogens (tertiary/aromatic N) is 3. The Balaban J connectivity index is 1.42. The molecule has 1 saturated heterocycles. The maximum Gasteiger partial charge on any atom is 0.359 e. The molecule has 0 atom stereocenters. The minimum atomic E-state index is -0.508. The van der Waals surface area contributed by atoms with Crippen LogP contribution < -0.4 is 5.32 Å². The molecule has 1 N–H and O–H groups in total. The quantitative estimate of drug-likeness (QED) is 0.515. The number of hydrogen-bond donors (Lipinski definition) is 1. The van der Waals surface area contributed by atoms with E-state index in [4.69, 9.17) is 4.74 Å². The third-order valence-corrected chi connectivity index (χ3v) is 5.69. The molecule has 1 aliphatic rings. The highest BCUT2D eigenvalue weighted by Gasteiger charge is 2.28. The van der Waals surface area contributed by atoms with E-state index in [0.717, 1.165) is 5.69 Å². The van der Waals surface area contributed by atoms with E-state index in [1.54, 1.807) is 34.8 Å². The monoisotopic (exact) mass is 420 g/mol. The van der Waals surface area contributed by atoms with E-state index in [0.29, 0.717) is 42.4 Å². The van der Waals surface area contributed by atoms with E-state index in [1.165, 1.54) is 7.11 Å². The second-order valence-corrected chi connectivity index (χ2v) is 7.62. The van der Waals surface area contributed by atoms with Crippen LogP contribution in [0, 0.1) is 5.92 Å². The van der Waals surface area contributed by atoms with Gasteiger partial charge in [-0.1, -0.05) is 24.3 Å². The lowest BCUT2D eigenvalue weighted by Gasteiger charge is -2.31. The summed E-state index contributed by atoms with van der Waals surface area (Å²) in [5.41, 5.74) is 2.27. The molecule has 160 valence electrons. The van der Waals surface area contributed by atoms with Crippen molar-refractivity contribution in [2.45, 2.75) is 12.8 Å². The number of Topliss-reactive ketones (excluding diaryl/α,β-unsaturated/α-hetero) is 1. The topological polar surface area (TPSA) is 93.5 Å². The fourth-order valence-electron chi connectivity index (χ4n) is 3.96. The van der Waals surface area contributed by atoms with Crippen molar-refractivity contribution in [2.75, 3.05) is 25.5 Å². The first-order chi connectivity index (χ1) is 15.0. The minimum Gasteiger partial charge on any atom is -0.464 e. The Labute approximate surface area is 179 Å². The summed E-state index contributed by atoms with van der Waals surface area (Å²) in [5.74, 6) is -0.608. The normalized spacial score (nSPS) is 14.5. The zero-order valence-corrected chi connectivity index (χ0v) is 17.5. The maximum absolute atomic E-state index is 13.1. The summed E-state index contributed by atoms with van der Waals surface area (Å²) in [7, 11) is 3.04. The number of rotatable bonds is 4. The molecule has 8 heteroatoms. The summed E-state index contributed by atoms with van der Waals surface area (Å²) < 4.78 is 6.36. The first-order valence-electron chi connectivity index (χ1n) is 10.2. The second-order valence-electron chi connectivity index (χ2n) is 7.62. The molecule has 3 aromatic rings. The number of anilines is 1. The fraction of sp³-hybridized carbons (Fsp3) is 0.304. The summed E-state index contributed by atoms with van der Waals surface area (Å²) in [4.78, 5) is 39.2. The van der Waals surface area contributed by atoms with E-state index in [1.807, 2.05) is 30.3 Å². The smallest absolute Gasteiger partial charge is 0.359 e. The van der Waals surface area contributed by atoms with Gasteiger partial charge in [0.2, 0.25) is 0 Å². The number of urea groups is 1. The number of aromatic nitrogens is 2. The van der Waals surface area contributed by atoms with Crippen molar-refractivity contribution in [1.82, 2.24) is 14.7 Å². The standard InChI is InChI=1S/C23H24N4O4/c1-26-19-14-16(8-9-18(19)20(25-26)22(29)31-2)21(28)15-10-12-27(13-11-15)23(30)24-17-6-4-3-5-7-17/h3-9,14-15H,10-13H2,1-2H3,(H,24,30). The van der Waals surface area contributed by atoms with Gasteiger partial charge in [0, 0.05) is 42.7 Å². The highest BCUT2D eigenvalue weighted by Crippen LogP contribution is 2.26. The van der Waals surface area contributed by atoms with Crippen LogP contribution in [0.15, 0.2) is 48.5 Å². The Hall–Kier alpha value is -3.68. The highest BCUT2D eigenvalue weighted by atomic mass is 16.5. The van der Waals surface area contributed by atoms with E-state index < -0.39 is 5.97 Å². The predicted molar refractivity (Wildman–Crippen MR) is 116 cm³/mol. The van der Waals surface area contributed by atoms with Gasteiger partial charge in [-0.3, -0.25) is 9.48 Å². The van der Waals surface area contributed by atoms with Gasteiger partial charge in [-0.05, 0) is 37.1 Å². The average molecular weight is 420 g/mol. The number of esters is 1. The van der Waals surface area contributed by atoms with Crippen molar-refractivity contribution in [2.24, 2.45) is 13.0 Å². The van der Waals surface area contributed by atoms with Crippen molar-refractivity contribution < 1.29 is 19.1 Å². The Kier molecular flexibility index (Phi) is 5.70. The van der Waals surface area contributed by atoms with E-state index in [-0.39, 0.29) is 23.4 Å². The van der Waals surface area contributed by atoms with Crippen molar-refractivity contribution in [3.05, 3.63) is 59.8 Å². The van der Waals surface area contributed by atoms with Gasteiger partial charge in [-0.15, -0.1) is 0 Å². The molecule has 31 heavy (non-hydrogen) atoms. The molecule has 2 heterocycles. The van der Waals surface area contributed by atoms with Gasteiger partial charge in [-0.25, -0.2) is 9.59 Å². The summed E-state index contributed by atoms with van der Waals surface area (Å²) in [6.07, 6.45) is 1.22. The zero-order valence-electron chi connectivity index (χ0n) is 17.5. The molecule has 0 spiro atoms. The molecular weight excluding hydrogens is 396 g/mol. The highest BCUT2D eigenvalue weighted by molar-refractivity contribution is 6.06. The Morgan fingerprint density at radius 1 is 1.06 bits per heavy atom. The lowest BCUT2D eigenvalue weighted by Crippen LogP contribution is -2.42. The number of carbonyl (C=O) groups is 3. The van der Waals surface area contributed by atoms with Crippen LogP contribution in [0.4, 0.5) is 10.5 Å². The van der Waals surface area contributed by atoms with E-state index in [2.05, 4.69) is 10.4 Å². The number of para-hydroxylation sites is 1. The minimum absolute atomic E-state index is 0.0471. The Morgan fingerprint density at radius 3 is 2.45 bits per heavy atom. The first kappa shape index (κ1) is 20.6. The molecular formula is C23H24N4O4. The van der Waals surface area contributed by atoms with Crippen LogP contribution in [0.3, 0.4) is 0 Å². The van der Waals surface area contributed by atoms with Crippen LogP contribution in [0.5, 0.6) is 0 Å². The number of aryl methyl sites for hydroxylation is 1. The average Bonchev–Trinajstić information content (AvgIpc) is 3.14. The van der Waals surface area contributed by atoms with Gasteiger partial charge in [0.25, 0.3) is 0 Å². The van der Waals surface area contributed by atoms with Crippen molar-refractivity contribution in [3.63, 3.8) is 0 Å².